The largest absolute Gasteiger partial charge is 0.489 e. The number of rotatable bonds is 12. The fraction of sp³-hybridized carbons (Fsp3) is 0.0857. The highest BCUT2D eigenvalue weighted by Crippen LogP contribution is 2.26. The van der Waals surface area contributed by atoms with Gasteiger partial charge in [0.1, 0.15) is 18.1 Å². The minimum Gasteiger partial charge on any atom is -0.489 e. The van der Waals surface area contributed by atoms with Gasteiger partial charge in [0.05, 0.1) is 5.25 Å². The lowest BCUT2D eigenvalue weighted by Crippen LogP contribution is -2.30. The monoisotopic (exact) mass is 634 g/mol. The summed E-state index contributed by atoms with van der Waals surface area (Å²) in [6.07, 6.45) is 3.25. The van der Waals surface area contributed by atoms with Gasteiger partial charge in [-0.05, 0) is 72.7 Å². The number of hydrogen-bond acceptors (Lipinski definition) is 7. The lowest BCUT2D eigenvalue weighted by Gasteiger charge is -2.13. The van der Waals surface area contributed by atoms with Crippen LogP contribution in [-0.2, 0) is 16.2 Å². The van der Waals surface area contributed by atoms with E-state index in [2.05, 4.69) is 20.9 Å². The molecule has 1 heterocycles. The first-order valence-corrected chi connectivity index (χ1v) is 15.8. The maximum absolute atomic E-state index is 13.4. The number of amides is 3. The highest BCUT2D eigenvalue weighted by molar-refractivity contribution is 8.00. The average molecular weight is 635 g/mol. The van der Waals surface area contributed by atoms with Crippen LogP contribution in [0.15, 0.2) is 131 Å². The van der Waals surface area contributed by atoms with Crippen molar-refractivity contribution in [1.82, 2.24) is 10.3 Å². The number of anilines is 2. The molecule has 0 aliphatic heterocycles. The maximum atomic E-state index is 13.4. The summed E-state index contributed by atoms with van der Waals surface area (Å²) in [6, 6.07) is 33.0. The SMILES string of the molecule is CC(Sc1ccc(NC(=O)/C(=C/c2ccc(OCc3ccccc3)cc2)NC(=O)c2ccccc2)cc1)C(=O)Nc1nccs1. The second-order valence-corrected chi connectivity index (χ2v) is 12.1. The van der Waals surface area contributed by atoms with Crippen LogP contribution in [0.3, 0.4) is 0 Å². The van der Waals surface area contributed by atoms with Crippen molar-refractivity contribution in [1.29, 1.82) is 0 Å². The molecule has 0 bridgehead atoms. The number of benzene rings is 4. The van der Waals surface area contributed by atoms with E-state index >= 15 is 0 Å². The zero-order valence-electron chi connectivity index (χ0n) is 24.3. The first-order chi connectivity index (χ1) is 21.9. The van der Waals surface area contributed by atoms with Crippen LogP contribution in [0.1, 0.15) is 28.4 Å². The van der Waals surface area contributed by atoms with E-state index in [9.17, 15) is 14.4 Å². The van der Waals surface area contributed by atoms with Crippen molar-refractivity contribution in [3.63, 3.8) is 0 Å². The molecule has 0 aliphatic rings. The standard InChI is InChI=1S/C35H30N4O4S2/c1-24(32(40)39-35-36-20-21-44-35)45-30-18-14-28(15-19-30)37-34(42)31(38-33(41)27-10-6-3-7-11-27)22-25-12-16-29(17-13-25)43-23-26-8-4-2-5-9-26/h2-22,24H,23H2,1H3,(H,37,42)(H,38,41)(H,36,39,40)/b31-22-. The molecular weight excluding hydrogens is 605 g/mol. The van der Waals surface area contributed by atoms with Crippen molar-refractivity contribution in [2.45, 2.75) is 23.7 Å². The Balaban J connectivity index is 1.25. The average Bonchev–Trinajstić information content (AvgIpc) is 3.59. The lowest BCUT2D eigenvalue weighted by atomic mass is 10.1. The quantitative estimate of drug-likeness (QED) is 0.0986. The molecule has 3 amide bonds. The predicted molar refractivity (Wildman–Crippen MR) is 180 cm³/mol. The molecule has 8 nitrogen and oxygen atoms in total. The minimum atomic E-state index is -0.486. The zero-order valence-corrected chi connectivity index (χ0v) is 25.9. The van der Waals surface area contributed by atoms with Crippen molar-refractivity contribution in [3.8, 4) is 5.75 Å². The Morgan fingerprint density at radius 1 is 0.867 bits per heavy atom. The van der Waals surface area contributed by atoms with Gasteiger partial charge in [0.25, 0.3) is 11.8 Å². The van der Waals surface area contributed by atoms with Gasteiger partial charge in [-0.3, -0.25) is 14.4 Å². The first-order valence-electron chi connectivity index (χ1n) is 14.1. The molecule has 45 heavy (non-hydrogen) atoms. The van der Waals surface area contributed by atoms with Crippen LogP contribution in [0.2, 0.25) is 0 Å². The molecule has 3 N–H and O–H groups in total. The van der Waals surface area contributed by atoms with E-state index in [1.807, 2.05) is 79.7 Å². The van der Waals surface area contributed by atoms with E-state index in [-0.39, 0.29) is 16.9 Å². The van der Waals surface area contributed by atoms with Gasteiger partial charge in [-0.1, -0.05) is 60.7 Å². The molecule has 0 saturated heterocycles. The third kappa shape index (κ3) is 9.40. The summed E-state index contributed by atoms with van der Waals surface area (Å²) in [4.78, 5) is 43.8. The first kappa shape index (κ1) is 31.2. The van der Waals surface area contributed by atoms with Crippen molar-refractivity contribution < 1.29 is 19.1 Å². The van der Waals surface area contributed by atoms with Crippen LogP contribution in [0, 0.1) is 0 Å². The number of carbonyl (C=O) groups is 3. The fourth-order valence-corrected chi connectivity index (χ4v) is 5.47. The molecule has 5 aromatic rings. The van der Waals surface area contributed by atoms with Gasteiger partial charge in [0, 0.05) is 27.7 Å². The Bertz CT molecular complexity index is 1740. The van der Waals surface area contributed by atoms with Gasteiger partial charge in [-0.2, -0.15) is 0 Å². The number of hydrogen-bond donors (Lipinski definition) is 3. The summed E-state index contributed by atoms with van der Waals surface area (Å²) in [7, 11) is 0. The van der Waals surface area contributed by atoms with Gasteiger partial charge in [0.15, 0.2) is 5.13 Å². The van der Waals surface area contributed by atoms with Gasteiger partial charge in [0.2, 0.25) is 5.91 Å². The summed E-state index contributed by atoms with van der Waals surface area (Å²) < 4.78 is 5.87. The topological polar surface area (TPSA) is 109 Å². The summed E-state index contributed by atoms with van der Waals surface area (Å²) in [5, 5.41) is 10.4. The second kappa shape index (κ2) is 15.5. The Kier molecular flexibility index (Phi) is 10.8. The van der Waals surface area contributed by atoms with Crippen molar-refractivity contribution in [3.05, 3.63) is 143 Å². The summed E-state index contributed by atoms with van der Waals surface area (Å²) >= 11 is 2.75. The zero-order chi connectivity index (χ0) is 31.4. The van der Waals surface area contributed by atoms with E-state index in [0.717, 1.165) is 10.5 Å². The van der Waals surface area contributed by atoms with Crippen LogP contribution in [0.5, 0.6) is 5.75 Å². The van der Waals surface area contributed by atoms with Gasteiger partial charge < -0.3 is 20.7 Å². The predicted octanol–water partition coefficient (Wildman–Crippen LogP) is 7.25. The normalized spacial score (nSPS) is 11.7. The third-order valence-electron chi connectivity index (χ3n) is 6.42. The molecule has 4 aromatic carbocycles. The molecule has 0 saturated carbocycles. The Morgan fingerprint density at radius 2 is 1.56 bits per heavy atom. The fourth-order valence-electron chi connectivity index (χ4n) is 4.08. The number of thiazole rings is 1. The molecule has 0 aliphatic carbocycles. The van der Waals surface area contributed by atoms with Crippen LogP contribution < -0.4 is 20.7 Å². The van der Waals surface area contributed by atoms with Crippen LogP contribution in [0.25, 0.3) is 6.08 Å². The number of nitrogens with zero attached hydrogens (tertiary/aromatic N) is 1. The third-order valence-corrected chi connectivity index (χ3v) is 8.23. The van der Waals surface area contributed by atoms with Gasteiger partial charge in [-0.15, -0.1) is 23.1 Å². The molecule has 10 heteroatoms. The number of aromatic nitrogens is 1. The molecule has 5 rings (SSSR count). The van der Waals surface area contributed by atoms with Crippen molar-refractivity contribution in [2.75, 3.05) is 10.6 Å². The second-order valence-electron chi connectivity index (χ2n) is 9.79. The molecule has 0 fully saturated rings. The van der Waals surface area contributed by atoms with E-state index in [1.165, 1.54) is 23.1 Å². The molecule has 1 unspecified atom stereocenters. The summed E-state index contributed by atoms with van der Waals surface area (Å²) in [5.41, 5.74) is 2.80. The molecular formula is C35H30N4O4S2. The number of thioether (sulfide) groups is 1. The molecule has 1 atom stereocenters. The van der Waals surface area contributed by atoms with Crippen LogP contribution in [-0.4, -0.2) is 28.0 Å². The highest BCUT2D eigenvalue weighted by atomic mass is 32.2. The van der Waals surface area contributed by atoms with E-state index < -0.39 is 11.8 Å². The number of nitrogens with one attached hydrogen (secondary N) is 3. The summed E-state index contributed by atoms with van der Waals surface area (Å²) in [5.74, 6) is -0.354. The Labute approximate surface area is 269 Å². The van der Waals surface area contributed by atoms with E-state index in [1.54, 1.807) is 54.1 Å². The Hall–Kier alpha value is -5.19. The summed E-state index contributed by atoms with van der Waals surface area (Å²) in [6.45, 7) is 2.25. The minimum absolute atomic E-state index is 0.0766. The van der Waals surface area contributed by atoms with Crippen LogP contribution >= 0.6 is 23.1 Å². The molecule has 1 aromatic heterocycles. The highest BCUT2D eigenvalue weighted by Gasteiger charge is 2.17. The van der Waals surface area contributed by atoms with Crippen molar-refractivity contribution in [2.24, 2.45) is 0 Å². The Morgan fingerprint density at radius 3 is 2.22 bits per heavy atom. The molecule has 0 radical (unpaired) electrons. The lowest BCUT2D eigenvalue weighted by molar-refractivity contribution is -0.115. The number of ether oxygens (including phenoxy) is 1. The van der Waals surface area contributed by atoms with E-state index in [4.69, 9.17) is 4.74 Å². The van der Waals surface area contributed by atoms with Gasteiger partial charge >= 0.3 is 0 Å². The smallest absolute Gasteiger partial charge is 0.272 e. The number of carbonyl (C=O) groups excluding carboxylic acids is 3. The molecule has 0 spiro atoms. The molecule has 226 valence electrons. The van der Waals surface area contributed by atoms with E-state index in [0.29, 0.717) is 34.3 Å². The van der Waals surface area contributed by atoms with Crippen molar-refractivity contribution >= 4 is 57.7 Å². The van der Waals surface area contributed by atoms with Crippen LogP contribution in [0.4, 0.5) is 10.8 Å². The van der Waals surface area contributed by atoms with Gasteiger partial charge in [-0.25, -0.2) is 4.98 Å². The maximum Gasteiger partial charge on any atom is 0.272 e.